The van der Waals surface area contributed by atoms with Crippen LogP contribution in [-0.4, -0.2) is 27.0 Å². The number of fused-ring (bicyclic) bond motifs is 7. The van der Waals surface area contributed by atoms with Gasteiger partial charge in [-0.25, -0.2) is 4.98 Å². The van der Waals surface area contributed by atoms with Gasteiger partial charge in [-0.05, 0) is 29.0 Å². The Bertz CT molecular complexity index is 1660. The minimum absolute atomic E-state index is 0.0535. The lowest BCUT2D eigenvalue weighted by molar-refractivity contribution is -0.350. The lowest BCUT2D eigenvalue weighted by atomic mass is 9.99. The van der Waals surface area contributed by atoms with Crippen LogP contribution in [0.3, 0.4) is 0 Å². The van der Waals surface area contributed by atoms with E-state index in [1.165, 1.54) is 0 Å². The molecule has 0 saturated carbocycles. The van der Waals surface area contributed by atoms with Crippen molar-refractivity contribution in [3.63, 3.8) is 0 Å². The molecule has 31 heavy (non-hydrogen) atoms. The maximum atomic E-state index is 12.5. The molecular weight excluding hydrogens is 386 g/mol. The van der Waals surface area contributed by atoms with Crippen molar-refractivity contribution in [2.24, 2.45) is 0 Å². The molecule has 0 aliphatic carbocycles. The summed E-state index contributed by atoms with van der Waals surface area (Å²) in [6, 6.07) is 22.1. The fourth-order valence-corrected chi connectivity index (χ4v) is 4.51. The number of nitrogen functional groups attached to an aromatic ring is 1. The molecule has 6 nitrogen and oxygen atoms in total. The summed E-state index contributed by atoms with van der Waals surface area (Å²) in [5, 5.41) is 5.34. The normalized spacial score (nSPS) is 11.8. The summed E-state index contributed by atoms with van der Waals surface area (Å²) in [6.45, 7) is 0.187. The molecule has 0 aliphatic heterocycles. The molecule has 0 atom stereocenters. The van der Waals surface area contributed by atoms with Crippen molar-refractivity contribution in [3.05, 3.63) is 72.9 Å². The van der Waals surface area contributed by atoms with Crippen molar-refractivity contribution >= 4 is 55.1 Å². The summed E-state index contributed by atoms with van der Waals surface area (Å²) >= 11 is 0. The minimum Gasteiger partial charge on any atom is -0.399 e. The van der Waals surface area contributed by atoms with E-state index in [9.17, 15) is 4.79 Å². The Labute approximate surface area is 177 Å². The first-order valence-electron chi connectivity index (χ1n) is 10.2. The molecule has 0 fully saturated rings. The minimum atomic E-state index is -0.0535. The van der Waals surface area contributed by atoms with E-state index in [1.807, 2.05) is 54.7 Å². The van der Waals surface area contributed by atoms with Crippen molar-refractivity contribution in [2.75, 3.05) is 12.3 Å². The van der Waals surface area contributed by atoms with Crippen LogP contribution in [0.15, 0.2) is 72.9 Å². The second kappa shape index (κ2) is 6.42. The Kier molecular flexibility index (Phi) is 3.66. The summed E-state index contributed by atoms with van der Waals surface area (Å²) in [7, 11) is 0. The van der Waals surface area contributed by atoms with E-state index in [2.05, 4.69) is 28.9 Å². The highest BCUT2D eigenvalue weighted by atomic mass is 16.2. The van der Waals surface area contributed by atoms with Crippen molar-refractivity contribution in [2.45, 2.75) is 0 Å². The van der Waals surface area contributed by atoms with Gasteiger partial charge in [0.1, 0.15) is 5.82 Å². The lowest BCUT2D eigenvalue weighted by Crippen LogP contribution is -2.55. The first-order chi connectivity index (χ1) is 15.2. The van der Waals surface area contributed by atoms with Gasteiger partial charge in [0.2, 0.25) is 0 Å². The van der Waals surface area contributed by atoms with Crippen LogP contribution in [0, 0.1) is 0 Å². The van der Waals surface area contributed by atoms with Gasteiger partial charge in [0.15, 0.2) is 6.54 Å². The van der Waals surface area contributed by atoms with Crippen LogP contribution in [0.4, 0.5) is 5.69 Å². The molecule has 0 amide bonds. The largest absolute Gasteiger partial charge is 0.399 e. The van der Waals surface area contributed by atoms with Crippen LogP contribution in [-0.2, 0) is 0 Å². The third-order valence-corrected chi connectivity index (χ3v) is 5.94. The van der Waals surface area contributed by atoms with Gasteiger partial charge in [-0.3, -0.25) is 9.36 Å². The van der Waals surface area contributed by atoms with Gasteiger partial charge >= 0.3 is 0 Å². The second-order valence-corrected chi connectivity index (χ2v) is 7.73. The van der Waals surface area contributed by atoms with Crippen LogP contribution >= 0.6 is 0 Å². The number of nitrogens with zero attached hydrogens (tertiary/aromatic N) is 2. The number of anilines is 1. The monoisotopic (exact) mass is 406 g/mol. The smallest absolute Gasteiger partial charge is 0.286 e. The number of nitrogens with two attached hydrogens (primary N) is 1. The van der Waals surface area contributed by atoms with Crippen molar-refractivity contribution in [1.82, 2.24) is 14.5 Å². The number of H-pyrrole nitrogens is 1. The van der Waals surface area contributed by atoms with Crippen LogP contribution in [0.2, 0.25) is 0 Å². The SMILES string of the molecule is Nc1ccc2c3ccccc3c3[nH]c(-c4cn(C(=O)C[NH3+])c5ccccc45)nc3c2c1. The van der Waals surface area contributed by atoms with Gasteiger partial charge in [-0.15, -0.1) is 0 Å². The Morgan fingerprint density at radius 3 is 2.45 bits per heavy atom. The van der Waals surface area contributed by atoms with E-state index in [4.69, 9.17) is 10.7 Å². The Morgan fingerprint density at radius 2 is 1.65 bits per heavy atom. The molecule has 4 aromatic carbocycles. The topological polar surface area (TPSA) is 104 Å². The van der Waals surface area contributed by atoms with Gasteiger partial charge in [0, 0.05) is 33.6 Å². The maximum absolute atomic E-state index is 12.5. The number of aromatic amines is 1. The van der Waals surface area contributed by atoms with E-state index in [0.29, 0.717) is 5.69 Å². The Hall–Kier alpha value is -4.16. The molecule has 2 aromatic heterocycles. The molecule has 6 rings (SSSR count). The first kappa shape index (κ1) is 17.7. The maximum Gasteiger partial charge on any atom is 0.286 e. The summed E-state index contributed by atoms with van der Waals surface area (Å²) in [5.74, 6) is 0.670. The fourth-order valence-electron chi connectivity index (χ4n) is 4.51. The Morgan fingerprint density at radius 1 is 0.935 bits per heavy atom. The number of hydrogen-bond donors (Lipinski definition) is 3. The molecule has 6 aromatic rings. The summed E-state index contributed by atoms with van der Waals surface area (Å²) in [5.41, 5.74) is 14.1. The molecule has 0 unspecified atom stereocenters. The van der Waals surface area contributed by atoms with Crippen LogP contribution in [0.1, 0.15) is 4.79 Å². The number of rotatable bonds is 2. The van der Waals surface area contributed by atoms with Gasteiger partial charge in [0.05, 0.1) is 16.6 Å². The summed E-state index contributed by atoms with van der Waals surface area (Å²) in [6.07, 6.45) is 1.86. The quantitative estimate of drug-likeness (QED) is 0.299. The molecule has 6 N–H and O–H groups in total. The number of aromatic nitrogens is 3. The standard InChI is InChI=1S/C25H19N5O/c26-12-22(31)30-13-20(17-6-3-4-8-21(17)30)25-28-23-18-7-2-1-5-15(18)16-10-9-14(27)11-19(16)24(23)29-25/h1-11,13H,12,26-27H2,(H,28,29)/p+1. The van der Waals surface area contributed by atoms with E-state index < -0.39 is 0 Å². The summed E-state index contributed by atoms with van der Waals surface area (Å²) < 4.78 is 1.67. The lowest BCUT2D eigenvalue weighted by Gasteiger charge is -2.06. The zero-order valence-electron chi connectivity index (χ0n) is 16.7. The molecule has 2 heterocycles. The van der Waals surface area contributed by atoms with Gasteiger partial charge < -0.3 is 16.5 Å². The third-order valence-electron chi connectivity index (χ3n) is 5.94. The van der Waals surface area contributed by atoms with E-state index in [0.717, 1.165) is 54.9 Å². The number of carbonyl (C=O) groups is 1. The Balaban J connectivity index is 1.73. The molecule has 0 saturated heterocycles. The number of nitrogens with one attached hydrogen (secondary N) is 1. The highest BCUT2D eigenvalue weighted by molar-refractivity contribution is 6.24. The number of benzene rings is 4. The van der Waals surface area contributed by atoms with Crippen LogP contribution < -0.4 is 11.5 Å². The van der Waals surface area contributed by atoms with E-state index >= 15 is 0 Å². The average Bonchev–Trinajstić information content (AvgIpc) is 3.41. The van der Waals surface area contributed by atoms with Crippen molar-refractivity contribution in [1.29, 1.82) is 0 Å². The number of quaternary nitrogens is 1. The highest BCUT2D eigenvalue weighted by Crippen LogP contribution is 2.37. The van der Waals surface area contributed by atoms with Gasteiger partial charge in [-0.2, -0.15) is 0 Å². The molecule has 0 spiro atoms. The van der Waals surface area contributed by atoms with Crippen LogP contribution in [0.25, 0.3) is 54.9 Å². The molecule has 0 aliphatic rings. The van der Waals surface area contributed by atoms with E-state index in [1.54, 1.807) is 4.57 Å². The van der Waals surface area contributed by atoms with E-state index in [-0.39, 0.29) is 12.5 Å². The molecular formula is C25H20N5O+. The van der Waals surface area contributed by atoms with Crippen molar-refractivity contribution in [3.8, 4) is 11.4 Å². The highest BCUT2D eigenvalue weighted by Gasteiger charge is 2.19. The van der Waals surface area contributed by atoms with Crippen molar-refractivity contribution < 1.29 is 10.5 Å². The number of carbonyl (C=O) groups excluding carboxylic acids is 1. The number of hydrogen-bond acceptors (Lipinski definition) is 3. The molecule has 0 bridgehead atoms. The van der Waals surface area contributed by atoms with Gasteiger partial charge in [0.25, 0.3) is 5.91 Å². The molecule has 6 heteroatoms. The third kappa shape index (κ3) is 2.49. The number of para-hydroxylation sites is 1. The second-order valence-electron chi connectivity index (χ2n) is 7.73. The predicted molar refractivity (Wildman–Crippen MR) is 125 cm³/mol. The molecule has 150 valence electrons. The van der Waals surface area contributed by atoms with Crippen LogP contribution in [0.5, 0.6) is 0 Å². The fraction of sp³-hybridized carbons (Fsp3) is 0.0400. The molecule has 0 radical (unpaired) electrons. The zero-order valence-corrected chi connectivity index (χ0v) is 16.7. The zero-order chi connectivity index (χ0) is 21.1. The van der Waals surface area contributed by atoms with Gasteiger partial charge in [-0.1, -0.05) is 48.5 Å². The first-order valence-corrected chi connectivity index (χ1v) is 10.2. The average molecular weight is 406 g/mol. The predicted octanol–water partition coefficient (Wildman–Crippen LogP) is 3.96. The summed E-state index contributed by atoms with van der Waals surface area (Å²) in [4.78, 5) is 21.0. The number of imidazole rings is 1.